The number of hydrogen-bond acceptors (Lipinski definition) is 2. The molecule has 1 fully saturated rings. The van der Waals surface area contributed by atoms with Gasteiger partial charge in [0.1, 0.15) is 5.82 Å². The molecule has 2 rings (SSSR count). The molecular formula is C12H15ClFNO2S. The SMILES string of the molecule is Cc1cc(F)ccc1S(=O)(=O)N(CCCl)C1CC1. The van der Waals surface area contributed by atoms with Gasteiger partial charge in [0.05, 0.1) is 4.90 Å². The Kier molecular flexibility index (Phi) is 3.94. The molecule has 100 valence electrons. The molecule has 6 heteroatoms. The van der Waals surface area contributed by atoms with Crippen LogP contribution in [-0.2, 0) is 10.0 Å². The second-order valence-corrected chi connectivity index (χ2v) is 6.68. The molecule has 0 atom stereocenters. The van der Waals surface area contributed by atoms with Gasteiger partial charge in [-0.3, -0.25) is 0 Å². The molecule has 1 aliphatic carbocycles. The largest absolute Gasteiger partial charge is 0.243 e. The fourth-order valence-electron chi connectivity index (χ4n) is 1.97. The summed E-state index contributed by atoms with van der Waals surface area (Å²) in [6, 6.07) is 3.78. The van der Waals surface area contributed by atoms with Crippen LogP contribution in [0.1, 0.15) is 18.4 Å². The van der Waals surface area contributed by atoms with E-state index in [0.717, 1.165) is 12.8 Å². The third-order valence-electron chi connectivity index (χ3n) is 2.98. The van der Waals surface area contributed by atoms with Crippen molar-refractivity contribution in [3.05, 3.63) is 29.6 Å². The summed E-state index contributed by atoms with van der Waals surface area (Å²) in [4.78, 5) is 0.168. The first-order valence-corrected chi connectivity index (χ1v) is 7.78. The molecule has 0 unspecified atom stereocenters. The number of aryl methyl sites for hydroxylation is 1. The summed E-state index contributed by atoms with van der Waals surface area (Å²) in [5.41, 5.74) is 0.426. The van der Waals surface area contributed by atoms with Gasteiger partial charge < -0.3 is 0 Å². The Morgan fingerprint density at radius 2 is 2.11 bits per heavy atom. The number of benzene rings is 1. The molecule has 0 amide bonds. The first-order valence-electron chi connectivity index (χ1n) is 5.81. The zero-order valence-corrected chi connectivity index (χ0v) is 11.6. The van der Waals surface area contributed by atoms with Crippen LogP contribution < -0.4 is 0 Å². The van der Waals surface area contributed by atoms with Gasteiger partial charge in [-0.1, -0.05) is 0 Å². The highest BCUT2D eigenvalue weighted by molar-refractivity contribution is 7.89. The average molecular weight is 292 g/mol. The molecule has 0 N–H and O–H groups in total. The fraction of sp³-hybridized carbons (Fsp3) is 0.500. The van der Waals surface area contributed by atoms with Crippen LogP contribution >= 0.6 is 11.6 Å². The van der Waals surface area contributed by atoms with E-state index in [9.17, 15) is 12.8 Å². The normalized spacial score (nSPS) is 16.2. The first kappa shape index (κ1) is 13.8. The average Bonchev–Trinajstić information content (AvgIpc) is 3.08. The predicted octanol–water partition coefficient (Wildman–Crippen LogP) is 2.53. The topological polar surface area (TPSA) is 37.4 Å². The molecule has 1 aliphatic rings. The van der Waals surface area contributed by atoms with E-state index in [4.69, 9.17) is 11.6 Å². The Hall–Kier alpha value is -0.650. The van der Waals surface area contributed by atoms with Crippen LogP contribution in [0, 0.1) is 12.7 Å². The second kappa shape index (κ2) is 5.15. The molecule has 1 aromatic rings. The van der Waals surface area contributed by atoms with Crippen molar-refractivity contribution in [1.82, 2.24) is 4.31 Å². The molecule has 0 saturated heterocycles. The lowest BCUT2D eigenvalue weighted by molar-refractivity contribution is 0.422. The summed E-state index contributed by atoms with van der Waals surface area (Å²) in [6.07, 6.45) is 1.74. The molecule has 3 nitrogen and oxygen atoms in total. The maximum absolute atomic E-state index is 13.0. The van der Waals surface area contributed by atoms with Gasteiger partial charge >= 0.3 is 0 Å². The van der Waals surface area contributed by atoms with E-state index in [0.29, 0.717) is 12.1 Å². The highest BCUT2D eigenvalue weighted by atomic mass is 35.5. The van der Waals surface area contributed by atoms with Gasteiger partial charge in [-0.2, -0.15) is 4.31 Å². The molecule has 0 radical (unpaired) electrons. The minimum atomic E-state index is -3.57. The van der Waals surface area contributed by atoms with E-state index >= 15 is 0 Å². The zero-order chi connectivity index (χ0) is 13.3. The van der Waals surface area contributed by atoms with Crippen LogP contribution in [-0.4, -0.2) is 31.2 Å². The van der Waals surface area contributed by atoms with E-state index in [-0.39, 0.29) is 16.8 Å². The van der Waals surface area contributed by atoms with Crippen molar-refractivity contribution in [2.24, 2.45) is 0 Å². The molecule has 1 saturated carbocycles. The second-order valence-electron chi connectivity index (χ2n) is 4.45. The van der Waals surface area contributed by atoms with Crippen molar-refractivity contribution in [3.8, 4) is 0 Å². The van der Waals surface area contributed by atoms with Crippen LogP contribution in [0.25, 0.3) is 0 Å². The molecular weight excluding hydrogens is 277 g/mol. The Labute approximate surface area is 112 Å². The summed E-state index contributed by atoms with van der Waals surface area (Å²) in [7, 11) is -3.57. The molecule has 18 heavy (non-hydrogen) atoms. The lowest BCUT2D eigenvalue weighted by atomic mass is 10.2. The predicted molar refractivity (Wildman–Crippen MR) is 68.8 cm³/mol. The highest BCUT2D eigenvalue weighted by Crippen LogP contribution is 2.32. The number of halogens is 2. The van der Waals surface area contributed by atoms with E-state index in [2.05, 4.69) is 0 Å². The number of sulfonamides is 1. The van der Waals surface area contributed by atoms with Crippen LogP contribution in [0.3, 0.4) is 0 Å². The van der Waals surface area contributed by atoms with Crippen LogP contribution in [0.15, 0.2) is 23.1 Å². The number of nitrogens with zero attached hydrogens (tertiary/aromatic N) is 1. The zero-order valence-electron chi connectivity index (χ0n) is 10.1. The Bertz CT molecular complexity index is 543. The minimum absolute atomic E-state index is 0.0539. The monoisotopic (exact) mass is 291 g/mol. The van der Waals surface area contributed by atoms with Crippen molar-refractivity contribution in [3.63, 3.8) is 0 Å². The van der Waals surface area contributed by atoms with Gasteiger partial charge in [0.25, 0.3) is 0 Å². The van der Waals surface area contributed by atoms with Crippen LogP contribution in [0.2, 0.25) is 0 Å². The van der Waals surface area contributed by atoms with E-state index in [1.54, 1.807) is 6.92 Å². The summed E-state index contributed by atoms with van der Waals surface area (Å²) >= 11 is 5.66. The molecule has 0 bridgehead atoms. The summed E-state index contributed by atoms with van der Waals surface area (Å²) < 4.78 is 39.4. The van der Waals surface area contributed by atoms with Crippen molar-refractivity contribution < 1.29 is 12.8 Å². The standard InChI is InChI=1S/C12H15ClFNO2S/c1-9-8-10(14)2-5-12(9)18(16,17)15(7-6-13)11-3-4-11/h2,5,8,11H,3-4,6-7H2,1H3. The Balaban J connectivity index is 2.39. The quantitative estimate of drug-likeness (QED) is 0.782. The van der Waals surface area contributed by atoms with Crippen molar-refractivity contribution in [1.29, 1.82) is 0 Å². The van der Waals surface area contributed by atoms with E-state index < -0.39 is 15.8 Å². The van der Waals surface area contributed by atoms with E-state index in [1.807, 2.05) is 0 Å². The van der Waals surface area contributed by atoms with Gasteiger partial charge in [0.2, 0.25) is 10.0 Å². The number of hydrogen-bond donors (Lipinski definition) is 0. The number of alkyl halides is 1. The van der Waals surface area contributed by atoms with Gasteiger partial charge in [-0.25, -0.2) is 12.8 Å². The fourth-order valence-corrected chi connectivity index (χ4v) is 4.15. The van der Waals surface area contributed by atoms with Gasteiger partial charge in [0.15, 0.2) is 0 Å². The maximum atomic E-state index is 13.0. The molecule has 0 aliphatic heterocycles. The summed E-state index contributed by atoms with van der Waals surface area (Å²) in [5, 5.41) is 0. The highest BCUT2D eigenvalue weighted by Gasteiger charge is 2.38. The molecule has 0 spiro atoms. The lowest BCUT2D eigenvalue weighted by Gasteiger charge is -2.21. The maximum Gasteiger partial charge on any atom is 0.243 e. The van der Waals surface area contributed by atoms with Crippen LogP contribution in [0.5, 0.6) is 0 Å². The molecule has 0 aromatic heterocycles. The minimum Gasteiger partial charge on any atom is -0.207 e. The van der Waals surface area contributed by atoms with Gasteiger partial charge in [-0.15, -0.1) is 11.6 Å². The Morgan fingerprint density at radius 3 is 2.61 bits per heavy atom. The van der Waals surface area contributed by atoms with Gasteiger partial charge in [0, 0.05) is 18.5 Å². The lowest BCUT2D eigenvalue weighted by Crippen LogP contribution is -2.35. The Morgan fingerprint density at radius 1 is 1.44 bits per heavy atom. The van der Waals surface area contributed by atoms with Crippen LogP contribution in [0.4, 0.5) is 4.39 Å². The van der Waals surface area contributed by atoms with Crippen molar-refractivity contribution in [2.45, 2.75) is 30.7 Å². The third kappa shape index (κ3) is 2.68. The molecule has 1 aromatic carbocycles. The summed E-state index contributed by atoms with van der Waals surface area (Å²) in [5.74, 6) is -0.169. The summed E-state index contributed by atoms with van der Waals surface area (Å²) in [6.45, 7) is 1.90. The van der Waals surface area contributed by atoms with Gasteiger partial charge in [-0.05, 0) is 43.5 Å². The first-order chi connectivity index (χ1) is 8.46. The van der Waals surface area contributed by atoms with Crippen molar-refractivity contribution >= 4 is 21.6 Å². The van der Waals surface area contributed by atoms with E-state index in [1.165, 1.54) is 22.5 Å². The smallest absolute Gasteiger partial charge is 0.207 e. The molecule has 0 heterocycles. The van der Waals surface area contributed by atoms with Crippen molar-refractivity contribution in [2.75, 3.05) is 12.4 Å². The number of rotatable bonds is 5. The third-order valence-corrected chi connectivity index (χ3v) is 5.26.